The topological polar surface area (TPSA) is 86.8 Å². The molecule has 0 aliphatic carbocycles. The zero-order valence-corrected chi connectivity index (χ0v) is 20.9. The molecule has 200 valence electrons. The summed E-state index contributed by atoms with van der Waals surface area (Å²) in [5.41, 5.74) is 5.99. The number of hydrogen-bond acceptors (Lipinski definition) is 6. The number of hydrogen-bond donors (Lipinski definition) is 2. The second-order valence-corrected chi connectivity index (χ2v) is 8.95. The van der Waals surface area contributed by atoms with E-state index in [1.54, 1.807) is 17.0 Å². The maximum atomic E-state index is 13.4. The van der Waals surface area contributed by atoms with E-state index >= 15 is 0 Å². The van der Waals surface area contributed by atoms with Crippen LogP contribution in [0.3, 0.4) is 0 Å². The number of hydrazine groups is 1. The quantitative estimate of drug-likeness (QED) is 0.438. The third-order valence-corrected chi connectivity index (χ3v) is 6.19. The van der Waals surface area contributed by atoms with Crippen LogP contribution in [0.25, 0.3) is 11.1 Å². The minimum atomic E-state index is -4.56. The van der Waals surface area contributed by atoms with E-state index in [2.05, 4.69) is 15.8 Å². The van der Waals surface area contributed by atoms with Crippen molar-refractivity contribution < 1.29 is 27.5 Å². The lowest BCUT2D eigenvalue weighted by Gasteiger charge is -2.36. The van der Waals surface area contributed by atoms with E-state index in [1.807, 2.05) is 47.4 Å². The van der Waals surface area contributed by atoms with Gasteiger partial charge in [-0.15, -0.1) is 0 Å². The van der Waals surface area contributed by atoms with E-state index in [0.717, 1.165) is 17.2 Å². The molecule has 1 aliphatic heterocycles. The Kier molecular flexibility index (Phi) is 8.70. The first kappa shape index (κ1) is 27.2. The third-order valence-electron chi connectivity index (χ3n) is 5.98. The van der Waals surface area contributed by atoms with Crippen LogP contribution in [0.4, 0.5) is 23.8 Å². The van der Waals surface area contributed by atoms with Gasteiger partial charge in [0.1, 0.15) is 12.4 Å². The Balaban J connectivity index is 1.17. The molecule has 2 N–H and O–H groups in total. The van der Waals surface area contributed by atoms with Crippen molar-refractivity contribution in [3.05, 3.63) is 83.0 Å². The molecule has 1 saturated heterocycles. The highest BCUT2D eigenvalue weighted by Crippen LogP contribution is 2.37. The summed E-state index contributed by atoms with van der Waals surface area (Å²) in [6.07, 6.45) is -4.19. The lowest BCUT2D eigenvalue weighted by molar-refractivity contribution is -0.137. The Bertz CT molecular complexity index is 1250. The van der Waals surface area contributed by atoms with Gasteiger partial charge in [-0.2, -0.15) is 13.2 Å². The molecule has 0 saturated carbocycles. The average molecular weight is 548 g/mol. The standard InChI is InChI=1S/C26H25ClF3N5O3/c27-21-16-22(26(28,29)30)23(31-17-21)35-12-10-34(11-13-35)14-15-38-25(37)33-32-24(36)20-8-6-19(7-9-20)18-4-2-1-3-5-18/h1-9,16-17H,10-15H2,(H,32,36)(H,33,37). The fraction of sp³-hybridized carbons (Fsp3) is 0.269. The summed E-state index contributed by atoms with van der Waals surface area (Å²) >= 11 is 5.71. The molecule has 1 fully saturated rings. The molecule has 2 heterocycles. The molecule has 12 heteroatoms. The largest absolute Gasteiger partial charge is 0.447 e. The van der Waals surface area contributed by atoms with Crippen LogP contribution in [0.1, 0.15) is 15.9 Å². The van der Waals surface area contributed by atoms with Gasteiger partial charge in [0.2, 0.25) is 0 Å². The lowest BCUT2D eigenvalue weighted by Crippen LogP contribution is -2.48. The minimum absolute atomic E-state index is 0.0421. The fourth-order valence-electron chi connectivity index (χ4n) is 4.00. The van der Waals surface area contributed by atoms with Crippen LogP contribution in [-0.4, -0.2) is 61.2 Å². The second-order valence-electron chi connectivity index (χ2n) is 8.51. The number of anilines is 1. The third kappa shape index (κ3) is 7.14. The van der Waals surface area contributed by atoms with Crippen LogP contribution in [0, 0.1) is 0 Å². The first-order valence-corrected chi connectivity index (χ1v) is 12.2. The summed E-state index contributed by atoms with van der Waals surface area (Å²) in [5, 5.41) is -0.0766. The van der Waals surface area contributed by atoms with Crippen molar-refractivity contribution >= 4 is 29.4 Å². The van der Waals surface area contributed by atoms with Crippen LogP contribution in [0.15, 0.2) is 66.9 Å². The molecule has 0 spiro atoms. The summed E-state index contributed by atoms with van der Waals surface area (Å²) in [4.78, 5) is 31.7. The number of ether oxygens (including phenoxy) is 1. The Labute approximate surface area is 222 Å². The van der Waals surface area contributed by atoms with Gasteiger partial charge in [0.05, 0.1) is 10.6 Å². The van der Waals surface area contributed by atoms with E-state index in [1.165, 1.54) is 6.20 Å². The SMILES string of the molecule is O=C(NNC(=O)c1ccc(-c2ccccc2)cc1)OCCN1CCN(c2ncc(Cl)cc2C(F)(F)F)CC1. The van der Waals surface area contributed by atoms with Gasteiger partial charge in [-0.3, -0.25) is 15.1 Å². The van der Waals surface area contributed by atoms with Gasteiger partial charge in [-0.1, -0.05) is 54.1 Å². The smallest absolute Gasteiger partial charge is 0.426 e. The van der Waals surface area contributed by atoms with Crippen molar-refractivity contribution in [2.45, 2.75) is 6.18 Å². The van der Waals surface area contributed by atoms with E-state index in [4.69, 9.17) is 16.3 Å². The van der Waals surface area contributed by atoms with Crippen LogP contribution in [-0.2, 0) is 10.9 Å². The predicted molar refractivity (Wildman–Crippen MR) is 137 cm³/mol. The first-order valence-electron chi connectivity index (χ1n) is 11.8. The molecule has 4 rings (SSSR count). The van der Waals surface area contributed by atoms with Crippen molar-refractivity contribution in [2.75, 3.05) is 44.2 Å². The number of nitrogens with zero attached hydrogens (tertiary/aromatic N) is 3. The molecule has 0 atom stereocenters. The number of benzene rings is 2. The van der Waals surface area contributed by atoms with Crippen molar-refractivity contribution in [1.29, 1.82) is 0 Å². The molecule has 38 heavy (non-hydrogen) atoms. The minimum Gasteiger partial charge on any atom is -0.447 e. The van der Waals surface area contributed by atoms with Crippen LogP contribution in [0.2, 0.25) is 5.02 Å². The molecule has 3 aromatic rings. The van der Waals surface area contributed by atoms with Crippen LogP contribution in [0.5, 0.6) is 0 Å². The number of carbonyl (C=O) groups is 2. The molecule has 1 aliphatic rings. The molecule has 0 unspecified atom stereocenters. The van der Waals surface area contributed by atoms with Gasteiger partial charge in [-0.05, 0) is 29.3 Å². The summed E-state index contributed by atoms with van der Waals surface area (Å²) in [6.45, 7) is 1.99. The Morgan fingerprint density at radius 1 is 0.947 bits per heavy atom. The highest BCUT2D eigenvalue weighted by atomic mass is 35.5. The van der Waals surface area contributed by atoms with Gasteiger partial charge in [-0.25, -0.2) is 15.2 Å². The highest BCUT2D eigenvalue weighted by molar-refractivity contribution is 6.30. The number of alkyl halides is 3. The maximum Gasteiger partial charge on any atom is 0.426 e. The summed E-state index contributed by atoms with van der Waals surface area (Å²) in [5.74, 6) is -0.644. The number of piperazine rings is 1. The fourth-order valence-corrected chi connectivity index (χ4v) is 4.16. The van der Waals surface area contributed by atoms with Crippen LogP contribution >= 0.6 is 11.6 Å². The van der Waals surface area contributed by atoms with Gasteiger partial charge in [0.25, 0.3) is 5.91 Å². The average Bonchev–Trinajstić information content (AvgIpc) is 2.92. The Morgan fingerprint density at radius 2 is 1.61 bits per heavy atom. The van der Waals surface area contributed by atoms with E-state index in [0.29, 0.717) is 38.3 Å². The number of carbonyl (C=O) groups excluding carboxylic acids is 2. The molecule has 8 nitrogen and oxygen atoms in total. The summed E-state index contributed by atoms with van der Waals surface area (Å²) < 4.78 is 45.2. The molecule has 2 aromatic carbocycles. The number of nitrogens with one attached hydrogen (secondary N) is 2. The summed E-state index contributed by atoms with van der Waals surface area (Å²) in [6, 6.07) is 17.5. The predicted octanol–water partition coefficient (Wildman–Crippen LogP) is 4.61. The Hall–Kier alpha value is -3.83. The van der Waals surface area contributed by atoms with Gasteiger partial charge in [0.15, 0.2) is 0 Å². The molecule has 1 aromatic heterocycles. The molecular weight excluding hydrogens is 523 g/mol. The molecule has 0 radical (unpaired) electrons. The van der Waals surface area contributed by atoms with E-state index in [9.17, 15) is 22.8 Å². The van der Waals surface area contributed by atoms with Gasteiger partial charge in [0, 0.05) is 44.5 Å². The van der Waals surface area contributed by atoms with E-state index in [-0.39, 0.29) is 17.4 Å². The number of pyridine rings is 1. The van der Waals surface area contributed by atoms with Gasteiger partial charge < -0.3 is 9.64 Å². The zero-order chi connectivity index (χ0) is 27.1. The number of rotatable bonds is 6. The molecular formula is C26H25ClF3N5O3. The number of amides is 2. The van der Waals surface area contributed by atoms with Crippen molar-refractivity contribution in [3.8, 4) is 11.1 Å². The molecule has 0 bridgehead atoms. The van der Waals surface area contributed by atoms with Crippen molar-refractivity contribution in [3.63, 3.8) is 0 Å². The zero-order valence-electron chi connectivity index (χ0n) is 20.2. The number of aromatic nitrogens is 1. The normalized spacial score (nSPS) is 14.2. The monoisotopic (exact) mass is 547 g/mol. The second kappa shape index (κ2) is 12.1. The van der Waals surface area contributed by atoms with Crippen molar-refractivity contribution in [2.24, 2.45) is 0 Å². The molecule has 2 amide bonds. The van der Waals surface area contributed by atoms with E-state index < -0.39 is 23.7 Å². The van der Waals surface area contributed by atoms with Crippen molar-refractivity contribution in [1.82, 2.24) is 20.7 Å². The van der Waals surface area contributed by atoms with Crippen LogP contribution < -0.4 is 15.8 Å². The maximum absolute atomic E-state index is 13.4. The lowest BCUT2D eigenvalue weighted by atomic mass is 10.0. The number of halogens is 4. The summed E-state index contributed by atoms with van der Waals surface area (Å²) in [7, 11) is 0. The van der Waals surface area contributed by atoms with Gasteiger partial charge >= 0.3 is 12.3 Å². The Morgan fingerprint density at radius 3 is 2.26 bits per heavy atom. The highest BCUT2D eigenvalue weighted by Gasteiger charge is 2.36. The first-order chi connectivity index (χ1) is 18.2.